The molecule has 0 aromatic heterocycles. The Morgan fingerprint density at radius 1 is 0.767 bits per heavy atom. The average molecular weight is 915 g/mol. The normalized spacial score (nSPS) is 16.4. The molecule has 1 aromatic carbocycles. The highest BCUT2D eigenvalue weighted by atomic mass is 32.2. The van der Waals surface area contributed by atoms with Gasteiger partial charge in [0.15, 0.2) is 12.6 Å². The molecule has 2 saturated heterocycles. The number of rotatable bonds is 9. The predicted octanol–water partition coefficient (Wildman–Crippen LogP) is 10.3. The predicted molar refractivity (Wildman–Crippen MR) is 263 cm³/mol. The number of aliphatic hydroxyl groups excluding tert-OH is 2. The van der Waals surface area contributed by atoms with E-state index in [1.54, 1.807) is 28.9 Å². The van der Waals surface area contributed by atoms with Crippen LogP contribution in [0.15, 0.2) is 29.2 Å². The Morgan fingerprint density at radius 2 is 1.15 bits per heavy atom. The van der Waals surface area contributed by atoms with Gasteiger partial charge in [-0.2, -0.15) is 18.3 Å². The summed E-state index contributed by atoms with van der Waals surface area (Å²) >= 11 is 0. The molecule has 0 radical (unpaired) electrons. The van der Waals surface area contributed by atoms with E-state index < -0.39 is 26.3 Å². The summed E-state index contributed by atoms with van der Waals surface area (Å²) in [5.41, 5.74) is 7.79. The van der Waals surface area contributed by atoms with Crippen LogP contribution < -0.4 is 0 Å². The van der Waals surface area contributed by atoms with Gasteiger partial charge in [-0.1, -0.05) is 99.3 Å². The summed E-state index contributed by atoms with van der Waals surface area (Å²) in [5, 5.41) is 17.2. The number of aryl methyl sites for hydroxylation is 1. The van der Waals surface area contributed by atoms with Crippen molar-refractivity contribution < 1.29 is 43.5 Å². The molecule has 2 aliphatic rings. The fraction of sp³-hybridized carbons (Fsp3) is 0.702. The van der Waals surface area contributed by atoms with Gasteiger partial charge in [-0.25, -0.2) is 0 Å². The van der Waals surface area contributed by atoms with E-state index in [1.807, 2.05) is 6.92 Å². The van der Waals surface area contributed by atoms with Gasteiger partial charge in [-0.05, 0) is 67.7 Å². The third-order valence-corrected chi connectivity index (χ3v) is 19.7. The summed E-state index contributed by atoms with van der Waals surface area (Å²) in [5.74, 6) is 11.1. The van der Waals surface area contributed by atoms with Gasteiger partial charge in [0.2, 0.25) is 0 Å². The lowest BCUT2D eigenvalue weighted by atomic mass is 10.2. The van der Waals surface area contributed by atoms with Crippen molar-refractivity contribution in [3.8, 4) is 47.6 Å². The Bertz CT molecular complexity index is 1550. The zero-order chi connectivity index (χ0) is 48.7. The van der Waals surface area contributed by atoms with Crippen molar-refractivity contribution in [2.24, 2.45) is 0 Å². The van der Waals surface area contributed by atoms with Crippen LogP contribution in [-0.2, 0) is 29.1 Å². The zero-order valence-corrected chi connectivity index (χ0v) is 43.4. The van der Waals surface area contributed by atoms with Gasteiger partial charge < -0.3 is 29.2 Å². The maximum Gasteiger partial charge on any atom is 0.294 e. The maximum absolute atomic E-state index is 10.5. The molecule has 0 bridgehead atoms. The Labute approximate surface area is 376 Å². The fourth-order valence-electron chi connectivity index (χ4n) is 3.95. The molecule has 0 saturated carbocycles. The summed E-state index contributed by atoms with van der Waals surface area (Å²) in [6.07, 6.45) is 19.3. The molecule has 3 rings (SSSR count). The minimum atomic E-state index is -4.02. The first-order valence-electron chi connectivity index (χ1n) is 22.1. The highest BCUT2D eigenvalue weighted by Gasteiger charge is 2.34. The molecule has 0 aliphatic carbocycles. The molecule has 3 atom stereocenters. The summed E-state index contributed by atoms with van der Waals surface area (Å²) in [6.45, 7) is 30.3. The standard InChI is InChI=1S/C15H28O2Si.C10H20OSi.C9H14O2.C7H8O3S.C4H6O.C2H6.H3P/c1-15(2,3)18(4,5)13-9-8-12-17-14-10-6-7-11-16-14;1-10(2,3)12(4,5)9-7-6-8-11;1-2-3-7-10-9-6-4-5-8-11-9;1-6-2-4-7(5-3-6)11(8,9)10;1-2-3-4-5;1-2;/h14H,6-8,10-12H2,1-5H3;11H,6,8H2,1-5H3;1,9H,3-8H2;2-5H,1H3,(H,8,9,10);1,5H,3-4H2;1-2H3;1H3/i;;;;;2*1D. The number of ether oxygens (including phenoxy) is 4. The second-order valence-electron chi connectivity index (χ2n) is 16.8. The summed E-state index contributed by atoms with van der Waals surface area (Å²) in [7, 11) is -5.21. The number of hydrogen-bond acceptors (Lipinski definition) is 8. The van der Waals surface area contributed by atoms with E-state index in [0.29, 0.717) is 49.5 Å². The Morgan fingerprint density at radius 3 is 1.45 bits per heavy atom. The van der Waals surface area contributed by atoms with E-state index in [0.717, 1.165) is 44.5 Å². The van der Waals surface area contributed by atoms with E-state index >= 15 is 0 Å². The van der Waals surface area contributed by atoms with E-state index in [9.17, 15) is 8.42 Å². The van der Waals surface area contributed by atoms with Gasteiger partial charge in [0.05, 0.1) is 32.6 Å². The molecule has 1 aromatic rings. The Hall–Kier alpha value is -2.01. The maximum atomic E-state index is 10.5. The van der Waals surface area contributed by atoms with Crippen molar-refractivity contribution in [2.75, 3.05) is 39.6 Å². The van der Waals surface area contributed by atoms with Crippen LogP contribution >= 0.6 is 9.84 Å². The van der Waals surface area contributed by atoms with Crippen LogP contribution in [0.3, 0.4) is 0 Å². The molecule has 13 heteroatoms. The van der Waals surface area contributed by atoms with Crippen molar-refractivity contribution in [3.05, 3.63) is 29.8 Å². The fourth-order valence-corrected chi connectivity index (χ4v) is 6.31. The summed E-state index contributed by atoms with van der Waals surface area (Å²) < 4.78 is 63.3. The highest BCUT2D eigenvalue weighted by molar-refractivity contribution is 7.85. The van der Waals surface area contributed by atoms with Crippen molar-refractivity contribution in [1.82, 2.24) is 0 Å². The van der Waals surface area contributed by atoms with E-state index in [2.05, 4.69) is 102 Å². The van der Waals surface area contributed by atoms with Gasteiger partial charge in [-0.15, -0.1) is 47.6 Å². The SMILES string of the molecule is C#CCCO.C#CCCOC1CCCCO1.CC(C)(C)[Si](C)(C)C#CCCO.CC(C)(C)[Si](C)(C)C#CCCOC1CCCCO1.Cc1ccc(S(=O)(=O)O)cc1.[2H]CC.[2H]P. The van der Waals surface area contributed by atoms with E-state index in [4.69, 9.17) is 49.2 Å². The molecule has 2 heterocycles. The smallest absolute Gasteiger partial charge is 0.294 e. The molecule has 3 unspecified atom stereocenters. The molecular formula is C47H85O9PSSi2. The lowest BCUT2D eigenvalue weighted by Gasteiger charge is -2.31. The quantitative estimate of drug-likeness (QED) is 0.0728. The topological polar surface area (TPSA) is 132 Å². The molecule has 60 heavy (non-hydrogen) atoms. The minimum absolute atomic E-state index is 0.0112. The van der Waals surface area contributed by atoms with Gasteiger partial charge in [-0.3, -0.25) is 4.55 Å². The molecular weight excluding hydrogens is 828 g/mol. The Balaban J connectivity index is -0.000000343. The van der Waals surface area contributed by atoms with Crippen LogP contribution in [0.25, 0.3) is 0 Å². The van der Waals surface area contributed by atoms with Crippen LogP contribution in [0.2, 0.25) is 36.3 Å². The highest BCUT2D eigenvalue weighted by Crippen LogP contribution is 2.35. The zero-order valence-electron chi connectivity index (χ0n) is 41.4. The summed E-state index contributed by atoms with van der Waals surface area (Å²) in [4.78, 5) is -0.0666. The van der Waals surface area contributed by atoms with Crippen LogP contribution in [0.1, 0.15) is 127 Å². The second-order valence-corrected chi connectivity index (χ2v) is 28.3. The molecule has 2 fully saturated rings. The van der Waals surface area contributed by atoms with E-state index in [-0.39, 0.29) is 30.7 Å². The first-order valence-corrected chi connectivity index (χ1v) is 28.2. The van der Waals surface area contributed by atoms with Gasteiger partial charge >= 0.3 is 0 Å². The van der Waals surface area contributed by atoms with Crippen molar-refractivity contribution in [1.29, 1.82) is 1.28 Å². The third kappa shape index (κ3) is 34.6. The summed E-state index contributed by atoms with van der Waals surface area (Å²) in [6, 6.07) is 5.99. The first kappa shape index (κ1) is 60.1. The molecule has 346 valence electrons. The monoisotopic (exact) mass is 915 g/mol. The largest absolute Gasteiger partial charge is 0.395 e. The van der Waals surface area contributed by atoms with Crippen molar-refractivity contribution in [3.63, 3.8) is 0 Å². The van der Waals surface area contributed by atoms with Crippen molar-refractivity contribution >= 4 is 36.1 Å². The van der Waals surface area contributed by atoms with Crippen LogP contribution in [0.5, 0.6) is 0 Å². The lowest BCUT2D eigenvalue weighted by molar-refractivity contribution is -0.161. The van der Waals surface area contributed by atoms with Gasteiger partial charge in [0.1, 0.15) is 16.1 Å². The number of benzene rings is 1. The number of aliphatic hydroxyl groups is 2. The van der Waals surface area contributed by atoms with Crippen LogP contribution in [0, 0.1) is 54.5 Å². The first-order chi connectivity index (χ1) is 28.9. The number of hydrogen-bond donors (Lipinski definition) is 3. The third-order valence-electron chi connectivity index (χ3n) is 9.72. The molecule has 0 amide bonds. The van der Waals surface area contributed by atoms with Gasteiger partial charge in [0, 0.05) is 40.3 Å². The molecule has 3 N–H and O–H groups in total. The van der Waals surface area contributed by atoms with Gasteiger partial charge in [0.25, 0.3) is 10.1 Å². The van der Waals surface area contributed by atoms with Crippen molar-refractivity contribution in [2.45, 2.75) is 180 Å². The molecule has 2 aliphatic heterocycles. The van der Waals surface area contributed by atoms with Crippen LogP contribution in [0.4, 0.5) is 0 Å². The minimum Gasteiger partial charge on any atom is -0.395 e. The molecule has 0 spiro atoms. The Kier molecular flexibility index (Phi) is 36.5. The second kappa shape index (κ2) is 36.5. The lowest BCUT2D eigenvalue weighted by Crippen LogP contribution is -2.35. The van der Waals surface area contributed by atoms with Crippen LogP contribution in [-0.4, -0.2) is 92.8 Å². The number of terminal acetylenes is 2. The van der Waals surface area contributed by atoms with E-state index in [1.165, 1.54) is 31.4 Å². The average Bonchev–Trinajstić information content (AvgIpc) is 3.20. The molecule has 9 nitrogen and oxygen atoms in total.